The molecule has 0 bridgehead atoms. The minimum absolute atomic E-state index is 0.407. The topological polar surface area (TPSA) is 15.3 Å². The van der Waals surface area contributed by atoms with Crippen molar-refractivity contribution in [3.8, 4) is 0 Å². The Morgan fingerprint density at radius 1 is 1.38 bits per heavy atom. The van der Waals surface area contributed by atoms with Crippen LogP contribution >= 0.6 is 0 Å². The van der Waals surface area contributed by atoms with E-state index in [9.17, 15) is 0 Å². The van der Waals surface area contributed by atoms with Crippen LogP contribution in [0.1, 0.15) is 34.1 Å². The Hall–Kier alpha value is -1.02. The van der Waals surface area contributed by atoms with Crippen molar-refractivity contribution in [3.63, 3.8) is 0 Å². The molecular formula is C14H24N2. The first-order chi connectivity index (χ1) is 7.58. The fourth-order valence-corrected chi connectivity index (χ4v) is 1.89. The highest BCUT2D eigenvalue weighted by atomic mass is 15.1. The summed E-state index contributed by atoms with van der Waals surface area (Å²) in [6, 6.07) is 0.407. The molecule has 0 amide bonds. The molecule has 1 unspecified atom stereocenters. The first-order valence-electron chi connectivity index (χ1n) is 6.10. The lowest BCUT2D eigenvalue weighted by Gasteiger charge is -2.28. The summed E-state index contributed by atoms with van der Waals surface area (Å²) in [7, 11) is 1.98. The number of allylic oxidation sites excluding steroid dienone is 4. The van der Waals surface area contributed by atoms with Crippen LogP contribution in [0.2, 0.25) is 0 Å². The third kappa shape index (κ3) is 3.24. The molecule has 1 N–H and O–H groups in total. The van der Waals surface area contributed by atoms with Crippen molar-refractivity contribution in [3.05, 3.63) is 35.8 Å². The van der Waals surface area contributed by atoms with Gasteiger partial charge in [0.1, 0.15) is 0 Å². The summed E-state index contributed by atoms with van der Waals surface area (Å²) in [5, 5.41) is 3.20. The van der Waals surface area contributed by atoms with E-state index in [1.54, 1.807) is 0 Å². The van der Waals surface area contributed by atoms with Crippen LogP contribution < -0.4 is 5.32 Å². The van der Waals surface area contributed by atoms with Gasteiger partial charge < -0.3 is 10.2 Å². The monoisotopic (exact) mass is 220 g/mol. The maximum atomic E-state index is 3.20. The molecule has 0 spiro atoms. The fraction of sp³-hybridized carbons (Fsp3) is 0.571. The van der Waals surface area contributed by atoms with Crippen LogP contribution in [-0.4, -0.2) is 18.0 Å². The van der Waals surface area contributed by atoms with Crippen LogP contribution in [0.25, 0.3) is 0 Å². The maximum absolute atomic E-state index is 3.20. The quantitative estimate of drug-likeness (QED) is 0.782. The van der Waals surface area contributed by atoms with Crippen molar-refractivity contribution in [1.29, 1.82) is 0 Å². The average Bonchev–Trinajstić information content (AvgIpc) is 2.27. The lowest BCUT2D eigenvalue weighted by molar-refractivity contribution is 0.526. The highest BCUT2D eigenvalue weighted by Crippen LogP contribution is 2.24. The van der Waals surface area contributed by atoms with Crippen molar-refractivity contribution >= 4 is 0 Å². The van der Waals surface area contributed by atoms with Crippen molar-refractivity contribution in [2.75, 3.05) is 7.05 Å². The smallest absolute Gasteiger partial charge is 0.0235 e. The molecule has 16 heavy (non-hydrogen) atoms. The van der Waals surface area contributed by atoms with Crippen molar-refractivity contribution in [2.24, 2.45) is 5.92 Å². The molecule has 0 saturated carbocycles. The van der Waals surface area contributed by atoms with E-state index in [1.807, 2.05) is 7.05 Å². The van der Waals surface area contributed by atoms with Gasteiger partial charge in [-0.1, -0.05) is 25.2 Å². The second kappa shape index (κ2) is 5.90. The molecule has 0 radical (unpaired) electrons. The third-order valence-electron chi connectivity index (χ3n) is 3.12. The van der Waals surface area contributed by atoms with Crippen molar-refractivity contribution in [2.45, 2.75) is 40.2 Å². The SMILES string of the molecule is CCC1C=C(C)N(/C=C\C(C)NC)C(C)=C1. The Morgan fingerprint density at radius 3 is 2.38 bits per heavy atom. The molecule has 0 fully saturated rings. The summed E-state index contributed by atoms with van der Waals surface area (Å²) >= 11 is 0. The maximum Gasteiger partial charge on any atom is 0.0235 e. The molecule has 1 heterocycles. The highest BCUT2D eigenvalue weighted by Gasteiger charge is 2.13. The van der Waals surface area contributed by atoms with E-state index < -0.39 is 0 Å². The first-order valence-corrected chi connectivity index (χ1v) is 6.10. The summed E-state index contributed by atoms with van der Waals surface area (Å²) in [4.78, 5) is 2.25. The molecule has 0 aromatic carbocycles. The van der Waals surface area contributed by atoms with Gasteiger partial charge in [-0.25, -0.2) is 0 Å². The van der Waals surface area contributed by atoms with Crippen LogP contribution in [0.4, 0.5) is 0 Å². The Balaban J connectivity index is 2.75. The third-order valence-corrected chi connectivity index (χ3v) is 3.12. The normalized spacial score (nSPS) is 19.9. The van der Waals surface area contributed by atoms with E-state index >= 15 is 0 Å². The summed E-state index contributed by atoms with van der Waals surface area (Å²) in [5.74, 6) is 0.603. The van der Waals surface area contributed by atoms with Crippen molar-refractivity contribution < 1.29 is 0 Å². The zero-order valence-electron chi connectivity index (χ0n) is 11.1. The predicted octanol–water partition coefficient (Wildman–Crippen LogP) is 3.26. The van der Waals surface area contributed by atoms with Gasteiger partial charge >= 0.3 is 0 Å². The van der Waals surface area contributed by atoms with Gasteiger partial charge in [0, 0.05) is 23.6 Å². The van der Waals surface area contributed by atoms with Gasteiger partial charge in [0.05, 0.1) is 0 Å². The minimum Gasteiger partial charge on any atom is -0.326 e. The predicted molar refractivity (Wildman–Crippen MR) is 70.8 cm³/mol. The van der Waals surface area contributed by atoms with Crippen molar-refractivity contribution in [1.82, 2.24) is 10.2 Å². The Morgan fingerprint density at radius 2 is 1.94 bits per heavy atom. The molecule has 2 heteroatoms. The molecule has 0 aliphatic carbocycles. The second-order valence-corrected chi connectivity index (χ2v) is 4.48. The zero-order valence-corrected chi connectivity index (χ0v) is 11.1. The number of hydrogen-bond acceptors (Lipinski definition) is 2. The first kappa shape index (κ1) is 13.0. The van der Waals surface area contributed by atoms with Gasteiger partial charge in [0.2, 0.25) is 0 Å². The number of rotatable bonds is 4. The minimum atomic E-state index is 0.407. The fourth-order valence-electron chi connectivity index (χ4n) is 1.89. The Bertz CT molecular complexity index is 293. The van der Waals surface area contributed by atoms with E-state index in [0.717, 1.165) is 0 Å². The highest BCUT2D eigenvalue weighted by molar-refractivity contribution is 5.23. The zero-order chi connectivity index (χ0) is 12.1. The number of hydrogen-bond donors (Lipinski definition) is 1. The van der Waals surface area contributed by atoms with Crippen LogP contribution in [0.15, 0.2) is 35.8 Å². The largest absolute Gasteiger partial charge is 0.326 e. The molecular weight excluding hydrogens is 196 g/mol. The average molecular weight is 220 g/mol. The summed E-state index contributed by atoms with van der Waals surface area (Å²) in [6.07, 6.45) is 10.2. The van der Waals surface area contributed by atoms with Crippen LogP contribution in [0.3, 0.4) is 0 Å². The molecule has 2 nitrogen and oxygen atoms in total. The molecule has 1 rings (SSSR count). The standard InChI is InChI=1S/C14H24N2/c1-6-14-9-12(3)16(13(4)10-14)8-7-11(2)15-5/h7-11,14-15H,6H2,1-5H3/b8-7-. The van der Waals surface area contributed by atoms with Gasteiger partial charge in [-0.3, -0.25) is 0 Å². The molecule has 1 atom stereocenters. The van der Waals surface area contributed by atoms with Crippen LogP contribution in [0, 0.1) is 5.92 Å². The molecule has 90 valence electrons. The number of likely N-dealkylation sites (N-methyl/N-ethyl adjacent to an activating group) is 1. The van der Waals surface area contributed by atoms with Gasteiger partial charge in [-0.15, -0.1) is 0 Å². The summed E-state index contributed by atoms with van der Waals surface area (Å²) in [5.41, 5.74) is 2.65. The van der Waals surface area contributed by atoms with Gasteiger partial charge in [-0.05, 0) is 40.2 Å². The summed E-state index contributed by atoms with van der Waals surface area (Å²) < 4.78 is 0. The van der Waals surface area contributed by atoms with E-state index in [0.29, 0.717) is 12.0 Å². The molecule has 0 aromatic heterocycles. The Labute approximate surface area is 99.7 Å². The molecule has 0 saturated heterocycles. The molecule has 1 aliphatic rings. The summed E-state index contributed by atoms with van der Waals surface area (Å²) in [6.45, 7) is 8.72. The van der Waals surface area contributed by atoms with Gasteiger partial charge in [-0.2, -0.15) is 0 Å². The van der Waals surface area contributed by atoms with E-state index in [-0.39, 0.29) is 0 Å². The number of nitrogens with one attached hydrogen (secondary N) is 1. The Kier molecular flexibility index (Phi) is 4.81. The molecule has 0 aromatic rings. The van der Waals surface area contributed by atoms with E-state index in [2.05, 4.69) is 62.3 Å². The van der Waals surface area contributed by atoms with Gasteiger partial charge in [0.25, 0.3) is 0 Å². The van der Waals surface area contributed by atoms with E-state index in [4.69, 9.17) is 0 Å². The van der Waals surface area contributed by atoms with Gasteiger partial charge in [0.15, 0.2) is 0 Å². The lowest BCUT2D eigenvalue weighted by atomic mass is 10.00. The van der Waals surface area contributed by atoms with E-state index in [1.165, 1.54) is 17.8 Å². The second-order valence-electron chi connectivity index (χ2n) is 4.48. The lowest BCUT2D eigenvalue weighted by Crippen LogP contribution is -2.22. The van der Waals surface area contributed by atoms with Crippen LogP contribution in [-0.2, 0) is 0 Å². The van der Waals surface area contributed by atoms with Crippen LogP contribution in [0.5, 0.6) is 0 Å². The number of nitrogens with zero attached hydrogens (tertiary/aromatic N) is 1. The molecule has 1 aliphatic heterocycles.